The van der Waals surface area contributed by atoms with Gasteiger partial charge in [0.25, 0.3) is 0 Å². The molecule has 0 aliphatic rings. The molecule has 0 saturated carbocycles. The molecule has 0 fully saturated rings. The Kier molecular flexibility index (Phi) is 3.69. The minimum atomic E-state index is -0.495. The van der Waals surface area contributed by atoms with Gasteiger partial charge < -0.3 is 10.5 Å². The molecule has 0 bridgehead atoms. The first-order valence-electron chi connectivity index (χ1n) is 6.20. The predicted octanol–water partition coefficient (Wildman–Crippen LogP) is 1.77. The summed E-state index contributed by atoms with van der Waals surface area (Å²) in [5.41, 5.74) is 7.21. The lowest BCUT2D eigenvalue weighted by atomic mass is 10.0. The minimum Gasteiger partial charge on any atom is -0.467 e. The Morgan fingerprint density at radius 2 is 2.26 bits per heavy atom. The number of fused-ring (bicyclic) bond motifs is 1. The van der Waals surface area contributed by atoms with Gasteiger partial charge in [-0.3, -0.25) is 4.57 Å². The van der Waals surface area contributed by atoms with E-state index < -0.39 is 6.04 Å². The molecule has 6 nitrogen and oxygen atoms in total. The van der Waals surface area contributed by atoms with Crippen LogP contribution in [0.1, 0.15) is 26.3 Å². The van der Waals surface area contributed by atoms with Crippen LogP contribution in [0.5, 0.6) is 0 Å². The fourth-order valence-corrected chi connectivity index (χ4v) is 2.14. The number of imidazole rings is 1. The fraction of sp³-hybridized carbons (Fsp3) is 0.462. The van der Waals surface area contributed by atoms with E-state index in [-0.39, 0.29) is 11.9 Å². The van der Waals surface area contributed by atoms with Gasteiger partial charge in [0.05, 0.1) is 7.11 Å². The summed E-state index contributed by atoms with van der Waals surface area (Å²) in [6, 6.07) is 3.11. The fourth-order valence-electron chi connectivity index (χ4n) is 2.14. The highest BCUT2D eigenvalue weighted by Gasteiger charge is 2.26. The first-order chi connectivity index (χ1) is 9.04. The first kappa shape index (κ1) is 13.3. The number of nitrogens with zero attached hydrogens (tertiary/aromatic N) is 3. The standard InChI is InChI=1S/C13H18N4O2/c1-8(2)7-10(12(18)19-3)17-11-9(16-13(17)14)5-4-6-15-11/h4-6,8,10H,7H2,1-3H3,(H2,14,16). The van der Waals surface area contributed by atoms with Gasteiger partial charge in [0, 0.05) is 6.20 Å². The number of hydrogen-bond donors (Lipinski definition) is 1. The smallest absolute Gasteiger partial charge is 0.329 e. The number of carbonyl (C=O) groups excluding carboxylic acids is 1. The van der Waals surface area contributed by atoms with E-state index in [2.05, 4.69) is 9.97 Å². The zero-order valence-electron chi connectivity index (χ0n) is 11.3. The number of pyridine rings is 1. The Bertz CT molecular complexity index is 591. The lowest BCUT2D eigenvalue weighted by Crippen LogP contribution is -2.24. The number of carbonyl (C=O) groups is 1. The monoisotopic (exact) mass is 262 g/mol. The van der Waals surface area contributed by atoms with E-state index in [9.17, 15) is 4.79 Å². The molecule has 0 amide bonds. The third kappa shape index (κ3) is 2.52. The van der Waals surface area contributed by atoms with Gasteiger partial charge in [-0.05, 0) is 24.5 Å². The molecule has 2 aromatic rings. The number of hydrogen-bond acceptors (Lipinski definition) is 5. The molecule has 6 heteroatoms. The van der Waals surface area contributed by atoms with Crippen molar-refractivity contribution in [3.05, 3.63) is 18.3 Å². The second-order valence-corrected chi connectivity index (χ2v) is 4.85. The van der Waals surface area contributed by atoms with E-state index in [0.29, 0.717) is 23.5 Å². The zero-order valence-corrected chi connectivity index (χ0v) is 11.3. The van der Waals surface area contributed by atoms with Gasteiger partial charge in [-0.25, -0.2) is 14.8 Å². The van der Waals surface area contributed by atoms with Crippen molar-refractivity contribution in [2.45, 2.75) is 26.3 Å². The SMILES string of the molecule is COC(=O)C(CC(C)C)n1c(N)nc2cccnc21. The van der Waals surface area contributed by atoms with Gasteiger partial charge in [-0.15, -0.1) is 0 Å². The molecule has 102 valence electrons. The Hall–Kier alpha value is -2.11. The molecular weight excluding hydrogens is 244 g/mol. The van der Waals surface area contributed by atoms with Crippen LogP contribution in [0.3, 0.4) is 0 Å². The van der Waals surface area contributed by atoms with Gasteiger partial charge in [0.1, 0.15) is 11.6 Å². The number of nitrogens with two attached hydrogens (primary N) is 1. The number of anilines is 1. The van der Waals surface area contributed by atoms with Crippen LogP contribution in [0.15, 0.2) is 18.3 Å². The minimum absolute atomic E-state index is 0.282. The molecule has 0 radical (unpaired) electrons. The van der Waals surface area contributed by atoms with Crippen molar-refractivity contribution in [3.8, 4) is 0 Å². The molecule has 0 aliphatic heterocycles. The van der Waals surface area contributed by atoms with Crippen LogP contribution in [0, 0.1) is 5.92 Å². The summed E-state index contributed by atoms with van der Waals surface area (Å²) in [5.74, 6) is 0.278. The summed E-state index contributed by atoms with van der Waals surface area (Å²) < 4.78 is 6.52. The molecule has 0 aromatic carbocycles. The Labute approximate surface area is 111 Å². The van der Waals surface area contributed by atoms with E-state index in [1.165, 1.54) is 7.11 Å². The molecule has 0 spiro atoms. The maximum atomic E-state index is 12.0. The van der Waals surface area contributed by atoms with Crippen molar-refractivity contribution in [3.63, 3.8) is 0 Å². The van der Waals surface area contributed by atoms with Crippen molar-refractivity contribution in [1.29, 1.82) is 0 Å². The molecule has 0 saturated heterocycles. The van der Waals surface area contributed by atoms with Crippen molar-refractivity contribution >= 4 is 23.1 Å². The van der Waals surface area contributed by atoms with Crippen molar-refractivity contribution in [2.75, 3.05) is 12.8 Å². The van der Waals surface area contributed by atoms with Crippen LogP contribution in [-0.2, 0) is 9.53 Å². The van der Waals surface area contributed by atoms with Crippen LogP contribution in [0.2, 0.25) is 0 Å². The van der Waals surface area contributed by atoms with Gasteiger partial charge in [-0.1, -0.05) is 13.8 Å². The number of methoxy groups -OCH3 is 1. The highest BCUT2D eigenvalue weighted by atomic mass is 16.5. The lowest BCUT2D eigenvalue weighted by Gasteiger charge is -2.19. The average molecular weight is 262 g/mol. The number of aromatic nitrogens is 3. The van der Waals surface area contributed by atoms with Gasteiger partial charge in [-0.2, -0.15) is 0 Å². The van der Waals surface area contributed by atoms with Gasteiger partial charge in [0.2, 0.25) is 5.95 Å². The van der Waals surface area contributed by atoms with Gasteiger partial charge in [0.15, 0.2) is 5.65 Å². The molecule has 2 rings (SSSR count). The largest absolute Gasteiger partial charge is 0.467 e. The van der Waals surface area contributed by atoms with Crippen LogP contribution in [-0.4, -0.2) is 27.6 Å². The third-order valence-corrected chi connectivity index (χ3v) is 2.96. The molecular formula is C13H18N4O2. The normalized spacial score (nSPS) is 12.8. The highest BCUT2D eigenvalue weighted by molar-refractivity contribution is 5.80. The van der Waals surface area contributed by atoms with E-state index in [0.717, 1.165) is 0 Å². The molecule has 2 N–H and O–H groups in total. The molecule has 19 heavy (non-hydrogen) atoms. The van der Waals surface area contributed by atoms with Gasteiger partial charge >= 0.3 is 5.97 Å². The molecule has 2 aromatic heterocycles. The highest BCUT2D eigenvalue weighted by Crippen LogP contribution is 2.26. The van der Waals surface area contributed by atoms with Crippen molar-refractivity contribution < 1.29 is 9.53 Å². The summed E-state index contributed by atoms with van der Waals surface area (Å²) in [7, 11) is 1.37. The maximum absolute atomic E-state index is 12.0. The summed E-state index contributed by atoms with van der Waals surface area (Å²) in [6.07, 6.45) is 2.28. The maximum Gasteiger partial charge on any atom is 0.329 e. The summed E-state index contributed by atoms with van der Waals surface area (Å²) >= 11 is 0. The average Bonchev–Trinajstić information content (AvgIpc) is 2.70. The molecule has 1 unspecified atom stereocenters. The molecule has 2 heterocycles. The molecule has 0 aliphatic carbocycles. The van der Waals surface area contributed by atoms with E-state index in [1.54, 1.807) is 16.8 Å². The van der Waals surface area contributed by atoms with Crippen LogP contribution in [0.25, 0.3) is 11.2 Å². The second-order valence-electron chi connectivity index (χ2n) is 4.85. The number of rotatable bonds is 4. The lowest BCUT2D eigenvalue weighted by molar-refractivity contribution is -0.145. The predicted molar refractivity (Wildman–Crippen MR) is 72.4 cm³/mol. The topological polar surface area (TPSA) is 83.0 Å². The van der Waals surface area contributed by atoms with E-state index >= 15 is 0 Å². The number of nitrogen functional groups attached to an aromatic ring is 1. The Balaban J connectivity index is 2.55. The third-order valence-electron chi connectivity index (χ3n) is 2.96. The molecule has 1 atom stereocenters. The van der Waals surface area contributed by atoms with Crippen molar-refractivity contribution in [2.24, 2.45) is 5.92 Å². The number of ether oxygens (including phenoxy) is 1. The van der Waals surface area contributed by atoms with Crippen LogP contribution < -0.4 is 5.73 Å². The van der Waals surface area contributed by atoms with Crippen LogP contribution in [0.4, 0.5) is 5.95 Å². The summed E-state index contributed by atoms with van der Waals surface area (Å²) in [5, 5.41) is 0. The summed E-state index contributed by atoms with van der Waals surface area (Å²) in [6.45, 7) is 4.08. The van der Waals surface area contributed by atoms with Crippen LogP contribution >= 0.6 is 0 Å². The quantitative estimate of drug-likeness (QED) is 0.849. The van der Waals surface area contributed by atoms with E-state index in [1.807, 2.05) is 19.9 Å². The first-order valence-corrected chi connectivity index (χ1v) is 6.20. The Morgan fingerprint density at radius 3 is 2.89 bits per heavy atom. The number of esters is 1. The van der Waals surface area contributed by atoms with E-state index in [4.69, 9.17) is 10.5 Å². The Morgan fingerprint density at radius 1 is 1.53 bits per heavy atom. The summed E-state index contributed by atoms with van der Waals surface area (Å²) in [4.78, 5) is 20.5. The zero-order chi connectivity index (χ0) is 14.0. The second kappa shape index (κ2) is 5.26. The van der Waals surface area contributed by atoms with Crippen molar-refractivity contribution in [1.82, 2.24) is 14.5 Å².